The Bertz CT molecular complexity index is 1270. The Balaban J connectivity index is 1.15. The number of imide groups is 1. The van der Waals surface area contributed by atoms with Crippen LogP contribution in [0.3, 0.4) is 0 Å². The monoisotopic (exact) mass is 474 g/mol. The third-order valence-corrected chi connectivity index (χ3v) is 6.98. The van der Waals surface area contributed by atoms with E-state index in [1.54, 1.807) is 18.3 Å². The second-order valence-corrected chi connectivity index (χ2v) is 9.69. The molecule has 2 aliphatic rings. The number of thioether (sulfide) groups is 1. The van der Waals surface area contributed by atoms with Crippen LogP contribution in [0.15, 0.2) is 47.5 Å². The Hall–Kier alpha value is -3.30. The number of nitrogens with one attached hydrogen (secondary N) is 3. The van der Waals surface area contributed by atoms with Crippen LogP contribution in [-0.4, -0.2) is 38.2 Å². The molecule has 1 aromatic carbocycles. The molecule has 0 spiro atoms. The minimum Gasteiger partial charge on any atom is -0.351 e. The standard InChI is InChI=1S/C25H26N6O2S/c1-15-12-16(20-4-2-3-5-21(20)28-15)14-27-17-6-8-18(9-7-17)29-24-26-11-10-19(30-24)13-22-23(32)31-25(33)34-22/h2-5,10-13,17-18,27H,6-9,14H2,1H3,(H,26,29,30)(H,31,32,33)/b22-13-/t17-,18-. The topological polar surface area (TPSA) is 109 Å². The summed E-state index contributed by atoms with van der Waals surface area (Å²) in [5.41, 5.74) is 3.97. The number of fused-ring (bicyclic) bond motifs is 1. The van der Waals surface area contributed by atoms with E-state index in [2.05, 4.69) is 55.2 Å². The van der Waals surface area contributed by atoms with Gasteiger partial charge < -0.3 is 10.6 Å². The Morgan fingerprint density at radius 1 is 1.09 bits per heavy atom. The molecular weight excluding hydrogens is 448 g/mol. The van der Waals surface area contributed by atoms with Gasteiger partial charge in [0.05, 0.1) is 16.1 Å². The summed E-state index contributed by atoms with van der Waals surface area (Å²) in [4.78, 5) is 36.9. The lowest BCUT2D eigenvalue weighted by Gasteiger charge is -2.30. The fourth-order valence-electron chi connectivity index (χ4n) is 4.50. The quantitative estimate of drug-likeness (QED) is 0.457. The normalized spacial score (nSPS) is 21.7. The van der Waals surface area contributed by atoms with Crippen LogP contribution in [0.25, 0.3) is 17.0 Å². The van der Waals surface area contributed by atoms with Crippen molar-refractivity contribution in [3.05, 3.63) is 64.5 Å². The van der Waals surface area contributed by atoms with E-state index in [1.165, 1.54) is 10.9 Å². The summed E-state index contributed by atoms with van der Waals surface area (Å²) in [5, 5.41) is 10.3. The van der Waals surface area contributed by atoms with Gasteiger partial charge in [-0.2, -0.15) is 0 Å². The zero-order valence-electron chi connectivity index (χ0n) is 18.9. The molecular formula is C25H26N6O2S. The molecule has 174 valence electrons. The zero-order valence-corrected chi connectivity index (χ0v) is 19.7. The van der Waals surface area contributed by atoms with Gasteiger partial charge in [-0.25, -0.2) is 9.97 Å². The first-order valence-corrected chi connectivity index (χ1v) is 12.3. The predicted molar refractivity (Wildman–Crippen MR) is 134 cm³/mol. The first-order chi connectivity index (χ1) is 16.5. The van der Waals surface area contributed by atoms with Gasteiger partial charge in [-0.05, 0) is 74.2 Å². The second kappa shape index (κ2) is 9.90. The lowest BCUT2D eigenvalue weighted by Crippen LogP contribution is -2.37. The number of para-hydroxylation sites is 1. The van der Waals surface area contributed by atoms with E-state index < -0.39 is 0 Å². The van der Waals surface area contributed by atoms with Crippen LogP contribution in [0, 0.1) is 6.92 Å². The lowest BCUT2D eigenvalue weighted by molar-refractivity contribution is -0.115. The Labute approximate surface area is 202 Å². The predicted octanol–water partition coefficient (Wildman–Crippen LogP) is 4.17. The van der Waals surface area contributed by atoms with Crippen molar-refractivity contribution in [2.75, 3.05) is 5.32 Å². The van der Waals surface area contributed by atoms with Gasteiger partial charge in [0.2, 0.25) is 5.95 Å². The number of carbonyl (C=O) groups excluding carboxylic acids is 2. The zero-order chi connectivity index (χ0) is 23.5. The maximum atomic E-state index is 11.8. The van der Waals surface area contributed by atoms with Crippen molar-refractivity contribution < 1.29 is 9.59 Å². The van der Waals surface area contributed by atoms with Crippen LogP contribution in [0.2, 0.25) is 0 Å². The van der Waals surface area contributed by atoms with Gasteiger partial charge in [-0.3, -0.25) is 19.9 Å². The molecule has 1 saturated heterocycles. The van der Waals surface area contributed by atoms with E-state index in [9.17, 15) is 9.59 Å². The van der Waals surface area contributed by atoms with Crippen LogP contribution in [0.1, 0.15) is 42.6 Å². The molecule has 3 heterocycles. The lowest BCUT2D eigenvalue weighted by atomic mass is 9.91. The third-order valence-electron chi connectivity index (χ3n) is 6.17. The highest BCUT2D eigenvalue weighted by atomic mass is 32.2. The molecule has 0 atom stereocenters. The number of pyridine rings is 1. The summed E-state index contributed by atoms with van der Waals surface area (Å²) in [6, 6.07) is 13.0. The molecule has 3 N–H and O–H groups in total. The smallest absolute Gasteiger partial charge is 0.290 e. The van der Waals surface area contributed by atoms with Crippen molar-refractivity contribution in [3.63, 3.8) is 0 Å². The van der Waals surface area contributed by atoms with Gasteiger partial charge in [-0.1, -0.05) is 18.2 Å². The van der Waals surface area contributed by atoms with E-state index >= 15 is 0 Å². The average Bonchev–Trinajstić information content (AvgIpc) is 3.14. The fraction of sp³-hybridized carbons (Fsp3) is 0.320. The number of anilines is 1. The second-order valence-electron chi connectivity index (χ2n) is 8.67. The highest BCUT2D eigenvalue weighted by molar-refractivity contribution is 8.18. The van der Waals surface area contributed by atoms with Crippen LogP contribution < -0.4 is 16.0 Å². The third kappa shape index (κ3) is 5.26. The number of hydrogen-bond donors (Lipinski definition) is 3. The number of rotatable bonds is 6. The first-order valence-electron chi connectivity index (χ1n) is 11.5. The molecule has 2 fully saturated rings. The summed E-state index contributed by atoms with van der Waals surface area (Å²) in [6.07, 6.45) is 7.47. The van der Waals surface area contributed by atoms with Crippen molar-refractivity contribution >= 4 is 45.8 Å². The molecule has 0 radical (unpaired) electrons. The number of carbonyl (C=O) groups is 2. The van der Waals surface area contributed by atoms with Gasteiger partial charge in [0.15, 0.2) is 0 Å². The number of aromatic nitrogens is 3. The summed E-state index contributed by atoms with van der Waals surface area (Å²) >= 11 is 0.885. The number of benzene rings is 1. The minimum absolute atomic E-state index is 0.302. The van der Waals surface area contributed by atoms with E-state index in [0.717, 1.165) is 55.2 Å². The largest absolute Gasteiger partial charge is 0.351 e. The highest BCUT2D eigenvalue weighted by Gasteiger charge is 2.25. The molecule has 0 bridgehead atoms. The van der Waals surface area contributed by atoms with Crippen molar-refractivity contribution in [1.29, 1.82) is 0 Å². The molecule has 3 aromatic rings. The molecule has 2 aromatic heterocycles. The number of nitrogens with zero attached hydrogens (tertiary/aromatic N) is 3. The number of hydrogen-bond acceptors (Lipinski definition) is 8. The fourth-order valence-corrected chi connectivity index (χ4v) is 5.16. The van der Waals surface area contributed by atoms with Gasteiger partial charge >= 0.3 is 0 Å². The maximum absolute atomic E-state index is 11.8. The van der Waals surface area contributed by atoms with Gasteiger partial charge in [0.1, 0.15) is 0 Å². The molecule has 34 heavy (non-hydrogen) atoms. The summed E-state index contributed by atoms with van der Waals surface area (Å²) in [5.74, 6) is 0.156. The molecule has 2 amide bonds. The maximum Gasteiger partial charge on any atom is 0.290 e. The molecule has 0 unspecified atom stereocenters. The Kier molecular flexibility index (Phi) is 6.55. The van der Waals surface area contributed by atoms with Crippen molar-refractivity contribution in [2.45, 2.75) is 51.2 Å². The first kappa shape index (κ1) is 22.5. The summed E-state index contributed by atoms with van der Waals surface area (Å²) in [7, 11) is 0. The van der Waals surface area contributed by atoms with Crippen molar-refractivity contribution in [2.24, 2.45) is 0 Å². The molecule has 1 aliphatic carbocycles. The van der Waals surface area contributed by atoms with Crippen LogP contribution in [0.5, 0.6) is 0 Å². The molecule has 1 saturated carbocycles. The van der Waals surface area contributed by atoms with Crippen LogP contribution in [-0.2, 0) is 11.3 Å². The van der Waals surface area contributed by atoms with E-state index in [1.807, 2.05) is 13.0 Å². The van der Waals surface area contributed by atoms with Gasteiger partial charge in [0.25, 0.3) is 11.1 Å². The van der Waals surface area contributed by atoms with E-state index in [-0.39, 0.29) is 11.1 Å². The van der Waals surface area contributed by atoms with Crippen molar-refractivity contribution in [1.82, 2.24) is 25.6 Å². The van der Waals surface area contributed by atoms with Gasteiger partial charge in [0, 0.05) is 35.9 Å². The van der Waals surface area contributed by atoms with Crippen LogP contribution in [0.4, 0.5) is 10.7 Å². The highest BCUT2D eigenvalue weighted by Crippen LogP contribution is 2.26. The SMILES string of the molecule is Cc1cc(CN[C@H]2CC[C@H](Nc3nccc(/C=C4\SC(=O)NC4=O)n3)CC2)c2ccccc2n1. The van der Waals surface area contributed by atoms with E-state index in [4.69, 9.17) is 0 Å². The molecule has 9 heteroatoms. The Morgan fingerprint density at radius 2 is 1.88 bits per heavy atom. The van der Waals surface area contributed by atoms with Crippen molar-refractivity contribution in [3.8, 4) is 0 Å². The summed E-state index contributed by atoms with van der Waals surface area (Å²) < 4.78 is 0. The molecule has 1 aliphatic heterocycles. The summed E-state index contributed by atoms with van der Waals surface area (Å²) in [6.45, 7) is 2.88. The van der Waals surface area contributed by atoms with Crippen LogP contribution >= 0.6 is 11.8 Å². The average molecular weight is 475 g/mol. The Morgan fingerprint density at radius 3 is 2.68 bits per heavy atom. The molecule has 8 nitrogen and oxygen atoms in total. The van der Waals surface area contributed by atoms with Gasteiger partial charge in [-0.15, -0.1) is 0 Å². The minimum atomic E-state index is -0.385. The molecule has 5 rings (SSSR count). The van der Waals surface area contributed by atoms with E-state index in [0.29, 0.717) is 28.6 Å². The number of aryl methyl sites for hydroxylation is 1. The number of amides is 2.